The Kier molecular flexibility index (Phi) is 4.86. The molecule has 0 spiro atoms. The molecule has 2 aliphatic rings. The molecule has 4 nitrogen and oxygen atoms in total. The topological polar surface area (TPSA) is 40.6 Å². The van der Waals surface area contributed by atoms with Crippen molar-refractivity contribution < 1.29 is 8.42 Å². The van der Waals surface area contributed by atoms with Crippen LogP contribution < -0.4 is 0 Å². The van der Waals surface area contributed by atoms with Crippen LogP contribution in [0.4, 0.5) is 0 Å². The fourth-order valence-corrected chi connectivity index (χ4v) is 4.66. The summed E-state index contributed by atoms with van der Waals surface area (Å²) in [6.07, 6.45) is 3.16. The summed E-state index contributed by atoms with van der Waals surface area (Å²) in [6.45, 7) is 4.27. The minimum Gasteiger partial charge on any atom is -0.301 e. The van der Waals surface area contributed by atoms with E-state index in [9.17, 15) is 8.42 Å². The molecule has 0 aromatic carbocycles. The van der Waals surface area contributed by atoms with Crippen LogP contribution in [-0.4, -0.2) is 61.4 Å². The molecule has 0 bridgehead atoms. The number of nitrogens with zero attached hydrogens (tertiary/aromatic N) is 2. The van der Waals surface area contributed by atoms with Crippen molar-refractivity contribution in [2.24, 2.45) is 5.92 Å². The van der Waals surface area contributed by atoms with Crippen molar-refractivity contribution >= 4 is 26.0 Å². The van der Waals surface area contributed by atoms with E-state index < -0.39 is 10.0 Å². The fraction of sp³-hybridized carbons (Fsp3) is 1.00. The van der Waals surface area contributed by atoms with Crippen LogP contribution in [0, 0.1) is 5.92 Å². The van der Waals surface area contributed by atoms with E-state index in [1.165, 1.54) is 0 Å². The average molecular weight is 325 g/mol. The van der Waals surface area contributed by atoms with E-state index >= 15 is 0 Å². The molecule has 0 radical (unpaired) electrons. The first kappa shape index (κ1) is 13.8. The largest absolute Gasteiger partial charge is 0.301 e. The smallest absolute Gasteiger partial charge is 0.214 e. The van der Waals surface area contributed by atoms with E-state index in [1.807, 2.05) is 0 Å². The van der Waals surface area contributed by atoms with Gasteiger partial charge in [-0.25, -0.2) is 12.7 Å². The van der Waals surface area contributed by atoms with E-state index in [-0.39, 0.29) is 0 Å². The third-order valence-corrected chi connectivity index (χ3v) is 5.88. The number of sulfonamides is 1. The predicted molar refractivity (Wildman–Crippen MR) is 72.9 cm³/mol. The van der Waals surface area contributed by atoms with Crippen LogP contribution in [0.3, 0.4) is 0 Å². The highest BCUT2D eigenvalue weighted by Gasteiger charge is 2.32. The van der Waals surface area contributed by atoms with Crippen LogP contribution in [0.5, 0.6) is 0 Å². The molecule has 0 N–H and O–H groups in total. The summed E-state index contributed by atoms with van der Waals surface area (Å²) in [5, 5.41) is 0.960. The minimum absolute atomic E-state index is 0.380. The molecule has 100 valence electrons. The standard InChI is InChI=1S/C11H21BrN2O2S/c12-4-7-13-5-1-6-14(9-8-13)17(15,16)10-11-2-3-11/h11H,1-10H2. The summed E-state index contributed by atoms with van der Waals surface area (Å²) in [5.41, 5.74) is 0. The second-order valence-corrected chi connectivity index (χ2v) is 7.81. The molecule has 1 heterocycles. The molecule has 1 saturated carbocycles. The van der Waals surface area contributed by atoms with Gasteiger partial charge in [0, 0.05) is 31.5 Å². The highest BCUT2D eigenvalue weighted by Crippen LogP contribution is 2.31. The van der Waals surface area contributed by atoms with Crippen molar-refractivity contribution in [2.45, 2.75) is 19.3 Å². The normalized spacial score (nSPS) is 24.8. The fourth-order valence-electron chi connectivity index (χ4n) is 2.26. The monoisotopic (exact) mass is 324 g/mol. The molecule has 0 atom stereocenters. The Balaban J connectivity index is 1.88. The van der Waals surface area contributed by atoms with Gasteiger partial charge in [-0.05, 0) is 31.7 Å². The van der Waals surface area contributed by atoms with Crippen molar-refractivity contribution in [3.63, 3.8) is 0 Å². The van der Waals surface area contributed by atoms with Crippen molar-refractivity contribution in [3.8, 4) is 0 Å². The van der Waals surface area contributed by atoms with Crippen molar-refractivity contribution in [2.75, 3.05) is 43.8 Å². The Hall–Kier alpha value is 0.350. The second-order valence-electron chi connectivity index (χ2n) is 5.01. The molecular weight excluding hydrogens is 304 g/mol. The van der Waals surface area contributed by atoms with Gasteiger partial charge in [0.1, 0.15) is 0 Å². The zero-order valence-electron chi connectivity index (χ0n) is 10.1. The van der Waals surface area contributed by atoms with Crippen molar-refractivity contribution in [1.82, 2.24) is 9.21 Å². The Morgan fingerprint density at radius 1 is 1.12 bits per heavy atom. The minimum atomic E-state index is -2.99. The molecule has 1 saturated heterocycles. The lowest BCUT2D eigenvalue weighted by Gasteiger charge is -2.21. The molecule has 0 unspecified atom stereocenters. The average Bonchev–Trinajstić information content (AvgIpc) is 3.05. The first-order chi connectivity index (χ1) is 8.12. The maximum Gasteiger partial charge on any atom is 0.214 e. The van der Waals surface area contributed by atoms with Gasteiger partial charge >= 0.3 is 0 Å². The maximum atomic E-state index is 12.2. The zero-order valence-corrected chi connectivity index (χ0v) is 12.5. The van der Waals surface area contributed by atoms with E-state index in [0.717, 1.165) is 44.2 Å². The third-order valence-electron chi connectivity index (χ3n) is 3.48. The summed E-state index contributed by atoms with van der Waals surface area (Å²) in [4.78, 5) is 2.33. The van der Waals surface area contributed by atoms with Gasteiger partial charge in [0.15, 0.2) is 0 Å². The Bertz CT molecular complexity index is 343. The van der Waals surface area contributed by atoms with Crippen LogP contribution in [0.2, 0.25) is 0 Å². The SMILES string of the molecule is O=S(=O)(CC1CC1)N1CCCN(CCBr)CC1. The molecule has 6 heteroatoms. The van der Waals surface area contributed by atoms with E-state index in [0.29, 0.717) is 24.8 Å². The number of alkyl halides is 1. The van der Waals surface area contributed by atoms with Crippen LogP contribution in [0.15, 0.2) is 0 Å². The quantitative estimate of drug-likeness (QED) is 0.712. The highest BCUT2D eigenvalue weighted by molar-refractivity contribution is 9.09. The lowest BCUT2D eigenvalue weighted by atomic mass is 10.4. The summed E-state index contributed by atoms with van der Waals surface area (Å²) < 4.78 is 26.0. The lowest BCUT2D eigenvalue weighted by molar-refractivity contribution is 0.305. The first-order valence-corrected chi connectivity index (χ1v) is 9.11. The van der Waals surface area contributed by atoms with Crippen molar-refractivity contribution in [3.05, 3.63) is 0 Å². The summed E-state index contributed by atoms with van der Waals surface area (Å²) >= 11 is 3.43. The third kappa shape index (κ3) is 4.19. The second kappa shape index (κ2) is 5.99. The first-order valence-electron chi connectivity index (χ1n) is 6.38. The number of hydrogen-bond donors (Lipinski definition) is 0. The molecule has 17 heavy (non-hydrogen) atoms. The van der Waals surface area contributed by atoms with Crippen LogP contribution in [-0.2, 0) is 10.0 Å². The van der Waals surface area contributed by atoms with Gasteiger partial charge in [-0.1, -0.05) is 15.9 Å². The zero-order chi connectivity index (χ0) is 12.3. The van der Waals surface area contributed by atoms with Gasteiger partial charge in [0.2, 0.25) is 10.0 Å². The summed E-state index contributed by atoms with van der Waals surface area (Å²) in [6, 6.07) is 0. The number of halogens is 1. The maximum absolute atomic E-state index is 12.2. The van der Waals surface area contributed by atoms with E-state index in [1.54, 1.807) is 4.31 Å². The van der Waals surface area contributed by atoms with Gasteiger partial charge in [0.05, 0.1) is 5.75 Å². The summed E-state index contributed by atoms with van der Waals surface area (Å²) in [5.74, 6) is 0.827. The highest BCUT2D eigenvalue weighted by atomic mass is 79.9. The van der Waals surface area contributed by atoms with Gasteiger partial charge in [0.25, 0.3) is 0 Å². The molecule has 0 aromatic rings. The Labute approximate surface area is 113 Å². The van der Waals surface area contributed by atoms with Crippen LogP contribution in [0.25, 0.3) is 0 Å². The van der Waals surface area contributed by atoms with Crippen molar-refractivity contribution in [1.29, 1.82) is 0 Å². The lowest BCUT2D eigenvalue weighted by Crippen LogP contribution is -2.37. The van der Waals surface area contributed by atoms with Crippen LogP contribution in [0.1, 0.15) is 19.3 Å². The van der Waals surface area contributed by atoms with Crippen LogP contribution >= 0.6 is 15.9 Å². The molecule has 1 aliphatic heterocycles. The molecule has 2 rings (SSSR count). The van der Waals surface area contributed by atoms with E-state index in [2.05, 4.69) is 20.8 Å². The van der Waals surface area contributed by atoms with Gasteiger partial charge in [-0.15, -0.1) is 0 Å². The summed E-state index contributed by atoms with van der Waals surface area (Å²) in [7, 11) is -2.99. The molecule has 0 aromatic heterocycles. The molecule has 2 fully saturated rings. The Morgan fingerprint density at radius 3 is 2.53 bits per heavy atom. The molecule has 1 aliphatic carbocycles. The molecular formula is C11H21BrN2O2S. The van der Waals surface area contributed by atoms with Gasteiger partial charge in [-0.3, -0.25) is 0 Å². The number of rotatable bonds is 5. The van der Waals surface area contributed by atoms with E-state index in [4.69, 9.17) is 0 Å². The van der Waals surface area contributed by atoms with Gasteiger partial charge in [-0.2, -0.15) is 0 Å². The predicted octanol–water partition coefficient (Wildman–Crippen LogP) is 1.13. The Morgan fingerprint density at radius 2 is 1.88 bits per heavy atom. The molecule has 0 amide bonds. The number of hydrogen-bond acceptors (Lipinski definition) is 3. The van der Waals surface area contributed by atoms with Gasteiger partial charge < -0.3 is 4.90 Å².